The lowest BCUT2D eigenvalue weighted by molar-refractivity contribution is 0.0913. The summed E-state index contributed by atoms with van der Waals surface area (Å²) >= 11 is 6.12. The molecular formula is C17H17Cl2FN2O. The Morgan fingerprint density at radius 1 is 1.13 bits per heavy atom. The van der Waals surface area contributed by atoms with Crippen molar-refractivity contribution in [1.82, 2.24) is 9.88 Å². The predicted octanol–water partition coefficient (Wildman–Crippen LogP) is 3.90. The molecule has 0 bridgehead atoms. The first-order valence-corrected chi connectivity index (χ1v) is 7.80. The summed E-state index contributed by atoms with van der Waals surface area (Å²) in [5, 5.41) is 16.0. The molecule has 2 atom stereocenters. The van der Waals surface area contributed by atoms with Crippen LogP contribution in [0.5, 0.6) is 0 Å². The third-order valence-electron chi connectivity index (χ3n) is 4.47. The number of hydrogen-bond donors (Lipinski definition) is 2. The van der Waals surface area contributed by atoms with Crippen LogP contribution in [0.3, 0.4) is 0 Å². The maximum Gasteiger partial charge on any atom is 0.123 e. The standard InChI is InChI=1S/C17H16ClFN2O.ClH/c18-10-1-3-14-12(7-10)13-8-11(19)2-4-15(13)21(14)16-5-6-20-9-17(16)22;/h1-4,7-8,16-17,20,22H,5-6,9H2;1H/t16-,17-;/m0./s1. The highest BCUT2D eigenvalue weighted by Crippen LogP contribution is 2.36. The Morgan fingerprint density at radius 3 is 2.57 bits per heavy atom. The molecule has 1 fully saturated rings. The summed E-state index contributed by atoms with van der Waals surface area (Å²) in [6.45, 7) is 1.43. The third-order valence-corrected chi connectivity index (χ3v) is 4.71. The molecule has 3 aromatic rings. The molecule has 1 aliphatic rings. The molecule has 0 radical (unpaired) electrons. The van der Waals surface area contributed by atoms with Crippen molar-refractivity contribution in [3.63, 3.8) is 0 Å². The Balaban J connectivity index is 0.00000156. The Kier molecular flexibility index (Phi) is 4.52. The number of aromatic nitrogens is 1. The van der Waals surface area contributed by atoms with E-state index in [4.69, 9.17) is 11.6 Å². The Labute approximate surface area is 144 Å². The van der Waals surface area contributed by atoms with Crippen molar-refractivity contribution in [3.8, 4) is 0 Å². The Morgan fingerprint density at radius 2 is 1.83 bits per heavy atom. The highest BCUT2D eigenvalue weighted by molar-refractivity contribution is 6.31. The van der Waals surface area contributed by atoms with E-state index in [1.54, 1.807) is 6.07 Å². The fraction of sp³-hybridized carbons (Fsp3) is 0.294. The van der Waals surface area contributed by atoms with Gasteiger partial charge in [-0.05, 0) is 49.4 Å². The van der Waals surface area contributed by atoms with E-state index in [0.717, 1.165) is 34.8 Å². The van der Waals surface area contributed by atoms with Crippen molar-refractivity contribution in [2.45, 2.75) is 18.6 Å². The molecule has 122 valence electrons. The van der Waals surface area contributed by atoms with Crippen LogP contribution in [0.4, 0.5) is 4.39 Å². The number of β-amino-alcohol motifs (C(OH)–C–C–N with tert-alkyl or cyclic N) is 1. The van der Waals surface area contributed by atoms with E-state index in [0.29, 0.717) is 11.6 Å². The largest absolute Gasteiger partial charge is 0.390 e. The molecular weight excluding hydrogens is 338 g/mol. The van der Waals surface area contributed by atoms with Gasteiger partial charge in [-0.3, -0.25) is 0 Å². The Hall–Kier alpha value is -1.33. The summed E-state index contributed by atoms with van der Waals surface area (Å²) in [7, 11) is 0. The van der Waals surface area contributed by atoms with Gasteiger partial charge in [0.05, 0.1) is 12.1 Å². The molecule has 0 saturated carbocycles. The monoisotopic (exact) mass is 354 g/mol. The van der Waals surface area contributed by atoms with Gasteiger partial charge in [0.2, 0.25) is 0 Å². The number of fused-ring (bicyclic) bond motifs is 3. The normalized spacial score (nSPS) is 21.5. The van der Waals surface area contributed by atoms with Crippen LogP contribution in [0, 0.1) is 5.82 Å². The minimum Gasteiger partial charge on any atom is -0.390 e. The summed E-state index contributed by atoms with van der Waals surface area (Å²) in [5.74, 6) is -0.266. The number of aliphatic hydroxyl groups is 1. The number of piperidine rings is 1. The van der Waals surface area contributed by atoms with Crippen molar-refractivity contribution in [2.75, 3.05) is 13.1 Å². The highest BCUT2D eigenvalue weighted by Gasteiger charge is 2.27. The van der Waals surface area contributed by atoms with Gasteiger partial charge in [0, 0.05) is 33.4 Å². The number of halogens is 3. The number of benzene rings is 2. The van der Waals surface area contributed by atoms with Crippen molar-refractivity contribution in [3.05, 3.63) is 47.2 Å². The zero-order chi connectivity index (χ0) is 15.3. The van der Waals surface area contributed by atoms with E-state index >= 15 is 0 Å². The summed E-state index contributed by atoms with van der Waals surface area (Å²) in [4.78, 5) is 0. The van der Waals surface area contributed by atoms with Gasteiger partial charge in [0.1, 0.15) is 5.82 Å². The quantitative estimate of drug-likeness (QED) is 0.695. The maximum atomic E-state index is 13.7. The smallest absolute Gasteiger partial charge is 0.123 e. The zero-order valence-electron chi connectivity index (χ0n) is 12.3. The molecule has 1 saturated heterocycles. The molecule has 0 spiro atoms. The summed E-state index contributed by atoms with van der Waals surface area (Å²) < 4.78 is 15.8. The third kappa shape index (κ3) is 2.70. The van der Waals surface area contributed by atoms with Crippen LogP contribution in [0.15, 0.2) is 36.4 Å². The van der Waals surface area contributed by atoms with Crippen LogP contribution in [-0.4, -0.2) is 28.9 Å². The number of nitrogens with zero attached hydrogens (tertiary/aromatic N) is 1. The fourth-order valence-corrected chi connectivity index (χ4v) is 3.66. The molecule has 2 N–H and O–H groups in total. The molecule has 1 aromatic heterocycles. The highest BCUT2D eigenvalue weighted by atomic mass is 35.5. The van der Waals surface area contributed by atoms with E-state index in [2.05, 4.69) is 9.88 Å². The first-order valence-electron chi connectivity index (χ1n) is 7.42. The first kappa shape index (κ1) is 16.5. The molecule has 1 aliphatic heterocycles. The number of rotatable bonds is 1. The lowest BCUT2D eigenvalue weighted by atomic mass is 10.0. The summed E-state index contributed by atoms with van der Waals surface area (Å²) in [6, 6.07) is 10.4. The minimum absolute atomic E-state index is 0. The second kappa shape index (κ2) is 6.29. The van der Waals surface area contributed by atoms with Gasteiger partial charge in [0.15, 0.2) is 0 Å². The van der Waals surface area contributed by atoms with Crippen LogP contribution in [0.2, 0.25) is 5.02 Å². The second-order valence-electron chi connectivity index (χ2n) is 5.82. The SMILES string of the molecule is Cl.O[C@H]1CNCC[C@@H]1n1c2ccc(F)cc2c2cc(Cl)ccc21. The topological polar surface area (TPSA) is 37.2 Å². The van der Waals surface area contributed by atoms with Crippen molar-refractivity contribution in [2.24, 2.45) is 0 Å². The minimum atomic E-state index is -0.465. The average molecular weight is 355 g/mol. The van der Waals surface area contributed by atoms with Crippen molar-refractivity contribution in [1.29, 1.82) is 0 Å². The van der Waals surface area contributed by atoms with Crippen LogP contribution in [0.25, 0.3) is 21.8 Å². The molecule has 0 amide bonds. The zero-order valence-corrected chi connectivity index (χ0v) is 13.9. The fourth-order valence-electron chi connectivity index (χ4n) is 3.48. The molecule has 2 aromatic carbocycles. The molecule has 6 heteroatoms. The van der Waals surface area contributed by atoms with Crippen LogP contribution < -0.4 is 5.32 Å². The van der Waals surface area contributed by atoms with E-state index in [9.17, 15) is 9.50 Å². The van der Waals surface area contributed by atoms with Gasteiger partial charge in [-0.25, -0.2) is 4.39 Å². The maximum absolute atomic E-state index is 13.7. The molecule has 4 rings (SSSR count). The van der Waals surface area contributed by atoms with E-state index < -0.39 is 6.10 Å². The van der Waals surface area contributed by atoms with Gasteiger partial charge in [-0.15, -0.1) is 12.4 Å². The molecule has 23 heavy (non-hydrogen) atoms. The number of aliphatic hydroxyl groups excluding tert-OH is 1. The summed E-state index contributed by atoms with van der Waals surface area (Å²) in [6.07, 6.45) is 0.369. The van der Waals surface area contributed by atoms with E-state index in [-0.39, 0.29) is 24.3 Å². The van der Waals surface area contributed by atoms with Crippen molar-refractivity contribution < 1.29 is 9.50 Å². The van der Waals surface area contributed by atoms with Gasteiger partial charge >= 0.3 is 0 Å². The number of nitrogens with one attached hydrogen (secondary N) is 1. The van der Waals surface area contributed by atoms with E-state index in [1.165, 1.54) is 12.1 Å². The van der Waals surface area contributed by atoms with E-state index in [1.807, 2.05) is 18.2 Å². The lowest BCUT2D eigenvalue weighted by Crippen LogP contribution is -2.41. The lowest BCUT2D eigenvalue weighted by Gasteiger charge is -2.31. The van der Waals surface area contributed by atoms with Crippen molar-refractivity contribution >= 4 is 45.8 Å². The average Bonchev–Trinajstić information content (AvgIpc) is 2.81. The Bertz CT molecular complexity index is 805. The molecule has 0 aliphatic carbocycles. The van der Waals surface area contributed by atoms with Crippen LogP contribution in [-0.2, 0) is 0 Å². The van der Waals surface area contributed by atoms with Gasteiger partial charge in [0.25, 0.3) is 0 Å². The predicted molar refractivity (Wildman–Crippen MR) is 94.2 cm³/mol. The molecule has 3 nitrogen and oxygen atoms in total. The first-order chi connectivity index (χ1) is 10.6. The van der Waals surface area contributed by atoms with Crippen LogP contribution >= 0.6 is 24.0 Å². The molecule has 2 heterocycles. The van der Waals surface area contributed by atoms with Gasteiger partial charge < -0.3 is 15.0 Å². The second-order valence-corrected chi connectivity index (χ2v) is 6.26. The summed E-state index contributed by atoms with van der Waals surface area (Å²) in [5.41, 5.74) is 1.92. The number of hydrogen-bond acceptors (Lipinski definition) is 2. The van der Waals surface area contributed by atoms with Gasteiger partial charge in [-0.1, -0.05) is 11.6 Å². The molecule has 0 unspecified atom stereocenters. The van der Waals surface area contributed by atoms with Crippen LogP contribution in [0.1, 0.15) is 12.5 Å². The van der Waals surface area contributed by atoms with Gasteiger partial charge in [-0.2, -0.15) is 0 Å².